The fourth-order valence-corrected chi connectivity index (χ4v) is 3.20. The van der Waals surface area contributed by atoms with Crippen molar-refractivity contribution in [3.8, 4) is 17.6 Å². The second-order valence-electron chi connectivity index (χ2n) is 6.31. The number of fused-ring (bicyclic) bond motifs is 1. The number of phenolic OH excluding ortho intramolecular Hbond substituents is 1. The van der Waals surface area contributed by atoms with Gasteiger partial charge in [0.25, 0.3) is 0 Å². The minimum absolute atomic E-state index is 0.212. The van der Waals surface area contributed by atoms with E-state index in [0.717, 1.165) is 36.4 Å². The molecule has 3 rings (SSSR count). The first-order valence-corrected chi connectivity index (χ1v) is 8.35. The van der Waals surface area contributed by atoms with Crippen molar-refractivity contribution >= 4 is 5.69 Å². The molecule has 24 heavy (non-hydrogen) atoms. The summed E-state index contributed by atoms with van der Waals surface area (Å²) in [5.41, 5.74) is 2.50. The van der Waals surface area contributed by atoms with Crippen LogP contribution in [0.1, 0.15) is 37.8 Å². The molecule has 1 aliphatic heterocycles. The van der Waals surface area contributed by atoms with Crippen molar-refractivity contribution in [2.75, 3.05) is 11.4 Å². The van der Waals surface area contributed by atoms with Gasteiger partial charge in [0.2, 0.25) is 0 Å². The molecule has 0 bridgehead atoms. The normalized spacial score (nSPS) is 15.3. The van der Waals surface area contributed by atoms with Gasteiger partial charge in [-0.1, -0.05) is 26.0 Å². The van der Waals surface area contributed by atoms with Crippen molar-refractivity contribution in [3.63, 3.8) is 0 Å². The van der Waals surface area contributed by atoms with Crippen molar-refractivity contribution in [1.82, 2.24) is 0 Å². The second kappa shape index (κ2) is 6.45. The maximum absolute atomic E-state index is 9.87. The summed E-state index contributed by atoms with van der Waals surface area (Å²) in [6, 6.07) is 15.1. The molecule has 0 aromatic heterocycles. The predicted octanol–water partition coefficient (Wildman–Crippen LogP) is 4.22. The molecule has 1 heterocycles. The lowest BCUT2D eigenvalue weighted by atomic mass is 9.93. The van der Waals surface area contributed by atoms with Crippen LogP contribution >= 0.6 is 0 Å². The third-order valence-electron chi connectivity index (χ3n) is 4.83. The van der Waals surface area contributed by atoms with Crippen LogP contribution in [0.2, 0.25) is 0 Å². The lowest BCUT2D eigenvalue weighted by Gasteiger charge is -2.44. The Labute approximate surface area is 142 Å². The van der Waals surface area contributed by atoms with Gasteiger partial charge in [-0.25, -0.2) is 0 Å². The van der Waals surface area contributed by atoms with E-state index >= 15 is 0 Å². The van der Waals surface area contributed by atoms with E-state index in [0.29, 0.717) is 12.1 Å². The van der Waals surface area contributed by atoms with E-state index in [1.807, 2.05) is 30.3 Å². The van der Waals surface area contributed by atoms with Crippen LogP contribution in [0.25, 0.3) is 0 Å². The fraction of sp³-hybridized carbons (Fsp3) is 0.350. The van der Waals surface area contributed by atoms with Gasteiger partial charge in [-0.05, 0) is 42.7 Å². The molecule has 4 nitrogen and oxygen atoms in total. The van der Waals surface area contributed by atoms with Crippen molar-refractivity contribution in [2.24, 2.45) is 0 Å². The zero-order valence-electron chi connectivity index (χ0n) is 14.1. The molecule has 0 radical (unpaired) electrons. The number of nitriles is 1. The summed E-state index contributed by atoms with van der Waals surface area (Å²) in [5, 5.41) is 18.8. The number of hydrogen-bond acceptors (Lipinski definition) is 4. The fourth-order valence-electron chi connectivity index (χ4n) is 3.20. The Hall–Kier alpha value is -2.67. The Kier molecular flexibility index (Phi) is 4.35. The van der Waals surface area contributed by atoms with Crippen LogP contribution in [-0.4, -0.2) is 17.3 Å². The van der Waals surface area contributed by atoms with E-state index < -0.39 is 0 Å². The third-order valence-corrected chi connectivity index (χ3v) is 4.83. The summed E-state index contributed by atoms with van der Waals surface area (Å²) >= 11 is 0. The quantitative estimate of drug-likeness (QED) is 0.915. The van der Waals surface area contributed by atoms with Gasteiger partial charge in [0.1, 0.15) is 17.1 Å². The number of hydrogen-bond donors (Lipinski definition) is 1. The molecule has 1 aliphatic rings. The molecule has 0 amide bonds. The maximum atomic E-state index is 9.87. The van der Waals surface area contributed by atoms with Gasteiger partial charge in [-0.15, -0.1) is 0 Å². The van der Waals surface area contributed by atoms with Crippen LogP contribution in [0.3, 0.4) is 0 Å². The average Bonchev–Trinajstić information content (AvgIpc) is 2.62. The van der Waals surface area contributed by atoms with Gasteiger partial charge in [0.15, 0.2) is 0 Å². The van der Waals surface area contributed by atoms with Gasteiger partial charge in [0, 0.05) is 12.6 Å². The highest BCUT2D eigenvalue weighted by Crippen LogP contribution is 2.42. The molecule has 2 aromatic carbocycles. The lowest BCUT2D eigenvalue weighted by molar-refractivity contribution is 0.0569. The molecule has 0 atom stereocenters. The standard InChI is InChI=1S/C20H22N2O2/c1-3-20(4-2)14-22(13-16-7-5-15(12-21)6-8-16)18-11-17(23)9-10-19(18)24-20/h5-11,23H,3-4,13-14H2,1-2H3. The Balaban J connectivity index is 1.95. The van der Waals surface area contributed by atoms with E-state index in [4.69, 9.17) is 10.00 Å². The largest absolute Gasteiger partial charge is 0.508 e. The van der Waals surface area contributed by atoms with Crippen LogP contribution in [0, 0.1) is 11.3 Å². The molecule has 0 saturated heterocycles. The highest BCUT2D eigenvalue weighted by Gasteiger charge is 2.37. The number of anilines is 1. The van der Waals surface area contributed by atoms with E-state index in [2.05, 4.69) is 24.8 Å². The first-order valence-electron chi connectivity index (χ1n) is 8.35. The topological polar surface area (TPSA) is 56.5 Å². The number of phenols is 1. The molecule has 0 unspecified atom stereocenters. The summed E-state index contributed by atoms with van der Waals surface area (Å²) in [6.45, 7) is 5.79. The smallest absolute Gasteiger partial charge is 0.143 e. The van der Waals surface area contributed by atoms with Crippen molar-refractivity contribution in [3.05, 3.63) is 53.6 Å². The minimum atomic E-state index is -0.212. The van der Waals surface area contributed by atoms with Gasteiger partial charge in [0.05, 0.1) is 23.9 Å². The molecule has 2 aromatic rings. The maximum Gasteiger partial charge on any atom is 0.143 e. The number of ether oxygens (including phenoxy) is 1. The monoisotopic (exact) mass is 322 g/mol. The molecule has 4 heteroatoms. The molecule has 0 fully saturated rings. The lowest BCUT2D eigenvalue weighted by Crippen LogP contribution is -2.50. The Morgan fingerprint density at radius 2 is 1.88 bits per heavy atom. The molecule has 124 valence electrons. The summed E-state index contributed by atoms with van der Waals surface area (Å²) in [7, 11) is 0. The number of aromatic hydroxyl groups is 1. The molecule has 0 saturated carbocycles. The van der Waals surface area contributed by atoms with Gasteiger partial charge in [-0.3, -0.25) is 0 Å². The minimum Gasteiger partial charge on any atom is -0.508 e. The van der Waals surface area contributed by atoms with E-state index in [9.17, 15) is 5.11 Å². The van der Waals surface area contributed by atoms with Gasteiger partial charge < -0.3 is 14.7 Å². The Bertz CT molecular complexity index is 758. The summed E-state index contributed by atoms with van der Waals surface area (Å²) < 4.78 is 6.28. The third kappa shape index (κ3) is 3.03. The Morgan fingerprint density at radius 1 is 1.17 bits per heavy atom. The summed E-state index contributed by atoms with van der Waals surface area (Å²) in [6.07, 6.45) is 1.85. The highest BCUT2D eigenvalue weighted by molar-refractivity contribution is 5.63. The Morgan fingerprint density at radius 3 is 2.50 bits per heavy atom. The second-order valence-corrected chi connectivity index (χ2v) is 6.31. The zero-order valence-corrected chi connectivity index (χ0v) is 14.1. The first kappa shape index (κ1) is 16.2. The SMILES string of the molecule is CCC1(CC)CN(Cc2ccc(C#N)cc2)c2cc(O)ccc2O1. The van der Waals surface area contributed by atoms with Gasteiger partial charge >= 0.3 is 0 Å². The van der Waals surface area contributed by atoms with Crippen molar-refractivity contribution in [2.45, 2.75) is 38.8 Å². The van der Waals surface area contributed by atoms with Crippen LogP contribution in [0.15, 0.2) is 42.5 Å². The first-order chi connectivity index (χ1) is 11.6. The van der Waals surface area contributed by atoms with E-state index in [1.165, 1.54) is 0 Å². The number of nitrogens with zero attached hydrogens (tertiary/aromatic N) is 2. The number of benzene rings is 2. The molecule has 1 N–H and O–H groups in total. The van der Waals surface area contributed by atoms with Crippen LogP contribution in [0.4, 0.5) is 5.69 Å². The van der Waals surface area contributed by atoms with Crippen molar-refractivity contribution in [1.29, 1.82) is 5.26 Å². The average molecular weight is 322 g/mol. The van der Waals surface area contributed by atoms with Crippen LogP contribution in [-0.2, 0) is 6.54 Å². The van der Waals surface area contributed by atoms with Crippen molar-refractivity contribution < 1.29 is 9.84 Å². The highest BCUT2D eigenvalue weighted by atomic mass is 16.5. The predicted molar refractivity (Wildman–Crippen MR) is 94.3 cm³/mol. The van der Waals surface area contributed by atoms with Crippen LogP contribution < -0.4 is 9.64 Å². The molecular weight excluding hydrogens is 300 g/mol. The van der Waals surface area contributed by atoms with Crippen LogP contribution in [0.5, 0.6) is 11.5 Å². The van der Waals surface area contributed by atoms with E-state index in [-0.39, 0.29) is 11.4 Å². The number of rotatable bonds is 4. The zero-order chi connectivity index (χ0) is 17.2. The van der Waals surface area contributed by atoms with Gasteiger partial charge in [-0.2, -0.15) is 5.26 Å². The molecule has 0 aliphatic carbocycles. The molecular formula is C20H22N2O2. The summed E-state index contributed by atoms with van der Waals surface area (Å²) in [4.78, 5) is 2.26. The molecule has 0 spiro atoms. The van der Waals surface area contributed by atoms with E-state index in [1.54, 1.807) is 12.1 Å². The summed E-state index contributed by atoms with van der Waals surface area (Å²) in [5.74, 6) is 1.05.